The molecular weight excluding hydrogens is 373 g/mol. The van der Waals surface area contributed by atoms with Gasteiger partial charge < -0.3 is 27.4 Å². The number of hydrogen-bond acceptors (Lipinski definition) is 5. The van der Waals surface area contributed by atoms with Crippen molar-refractivity contribution in [1.29, 1.82) is 0 Å². The first-order chi connectivity index (χ1) is 6.41. The van der Waals surface area contributed by atoms with E-state index in [2.05, 4.69) is 16.0 Å². The predicted molar refractivity (Wildman–Crippen MR) is 62.5 cm³/mol. The first-order valence-electron chi connectivity index (χ1n) is 4.94. The topological polar surface area (TPSA) is 88.1 Å². The van der Waals surface area contributed by atoms with Gasteiger partial charge in [0.25, 0.3) is 0 Å². The third kappa shape index (κ3) is 15.2. The molecule has 0 fully saturated rings. The zero-order chi connectivity index (χ0) is 9.78. The molecule has 0 saturated carbocycles. The van der Waals surface area contributed by atoms with Crippen LogP contribution in [0.1, 0.15) is 0 Å². The molecule has 14 heavy (non-hydrogen) atoms. The van der Waals surface area contributed by atoms with Crippen LogP contribution < -0.4 is 27.4 Å². The second kappa shape index (κ2) is 16.2. The van der Waals surface area contributed by atoms with Crippen molar-refractivity contribution in [3.05, 3.63) is 0 Å². The molecule has 0 bridgehead atoms. The quantitative estimate of drug-likeness (QED) is 0.205. The molecule has 0 atom stereocenters. The summed E-state index contributed by atoms with van der Waals surface area (Å²) in [5.41, 5.74) is 10.6. The summed E-state index contributed by atoms with van der Waals surface area (Å²) in [6.45, 7) is 7.15. The molecule has 4 radical (unpaired) electrons. The van der Waals surface area contributed by atoms with Crippen LogP contribution in [-0.4, -0.2) is 79.7 Å². The summed E-state index contributed by atoms with van der Waals surface area (Å²) in [5.74, 6) is 0. The van der Waals surface area contributed by atoms with Gasteiger partial charge in [0.1, 0.15) is 0 Å². The molecule has 84 valence electrons. The van der Waals surface area contributed by atoms with Crippen molar-refractivity contribution in [2.45, 2.75) is 0 Å². The maximum atomic E-state index is 5.32. The van der Waals surface area contributed by atoms with Gasteiger partial charge in [0.2, 0.25) is 0 Å². The zero-order valence-electron chi connectivity index (χ0n) is 8.81. The van der Waals surface area contributed by atoms with E-state index in [-0.39, 0.29) is 27.3 Å². The second-order valence-electron chi connectivity index (χ2n) is 2.83. The van der Waals surface area contributed by atoms with Crippen molar-refractivity contribution in [3.63, 3.8) is 0 Å². The van der Waals surface area contributed by atoms with Crippen LogP contribution in [0.5, 0.6) is 0 Å². The maximum absolute atomic E-state index is 5.32. The molecule has 0 heterocycles. The van der Waals surface area contributed by atoms with Gasteiger partial charge in [0.15, 0.2) is 0 Å². The third-order valence-electron chi connectivity index (χ3n) is 1.60. The van der Waals surface area contributed by atoms with Crippen molar-refractivity contribution in [2.24, 2.45) is 11.5 Å². The van der Waals surface area contributed by atoms with E-state index in [1.54, 1.807) is 0 Å². The smallest absolute Gasteiger partial charge is 0.00772 e. The normalized spacial score (nSPS) is 9.86. The largest absolute Gasteiger partial charge is 0.329 e. The number of rotatable bonds is 10. The number of nitrogens with one attached hydrogen (secondary N) is 3. The molecule has 5 nitrogen and oxygen atoms in total. The monoisotopic (exact) mass is 397 g/mol. The number of nitrogens with two attached hydrogens (primary N) is 2. The van der Waals surface area contributed by atoms with Gasteiger partial charge in [0, 0.05) is 79.7 Å². The van der Waals surface area contributed by atoms with Crippen molar-refractivity contribution in [2.75, 3.05) is 52.4 Å². The van der Waals surface area contributed by atoms with Gasteiger partial charge in [-0.1, -0.05) is 0 Å². The Hall–Kier alpha value is 0.722. The van der Waals surface area contributed by atoms with E-state index in [1.165, 1.54) is 0 Å². The molecule has 0 amide bonds. The van der Waals surface area contributed by atoms with Crippen molar-refractivity contribution < 1.29 is 0 Å². The van der Waals surface area contributed by atoms with Gasteiger partial charge in [-0.3, -0.25) is 0 Å². The Labute approximate surface area is 107 Å². The molecule has 0 aromatic rings. The summed E-state index contributed by atoms with van der Waals surface area (Å²) in [6.07, 6.45) is 0. The molecule has 0 spiro atoms. The van der Waals surface area contributed by atoms with Crippen LogP contribution in [0.2, 0.25) is 0 Å². The van der Waals surface area contributed by atoms with Crippen molar-refractivity contribution in [1.82, 2.24) is 16.0 Å². The SMILES string of the molecule is NCCNCCNCCNCCN.[Pb]. The average molecular weight is 397 g/mol. The first kappa shape index (κ1) is 17.1. The molecule has 0 unspecified atom stereocenters. The van der Waals surface area contributed by atoms with Crippen LogP contribution in [0.3, 0.4) is 0 Å². The van der Waals surface area contributed by atoms with Crippen LogP contribution in [0.4, 0.5) is 0 Å². The van der Waals surface area contributed by atoms with Crippen LogP contribution >= 0.6 is 0 Å². The van der Waals surface area contributed by atoms with E-state index < -0.39 is 0 Å². The van der Waals surface area contributed by atoms with Gasteiger partial charge in [-0.25, -0.2) is 0 Å². The van der Waals surface area contributed by atoms with E-state index in [4.69, 9.17) is 11.5 Å². The molecule has 6 heteroatoms. The molecule has 0 aromatic carbocycles. The molecule has 0 aliphatic heterocycles. The van der Waals surface area contributed by atoms with Crippen LogP contribution in [0.15, 0.2) is 0 Å². The fraction of sp³-hybridized carbons (Fsp3) is 1.00. The summed E-state index contributed by atoms with van der Waals surface area (Å²) < 4.78 is 0. The summed E-state index contributed by atoms with van der Waals surface area (Å²) in [7, 11) is 0. The van der Waals surface area contributed by atoms with Crippen LogP contribution in [0.25, 0.3) is 0 Å². The van der Waals surface area contributed by atoms with Crippen LogP contribution in [0, 0.1) is 0 Å². The third-order valence-corrected chi connectivity index (χ3v) is 1.60. The van der Waals surface area contributed by atoms with E-state index in [0.717, 1.165) is 39.3 Å². The molecule has 0 rings (SSSR count). The Morgan fingerprint density at radius 2 is 0.857 bits per heavy atom. The van der Waals surface area contributed by atoms with Gasteiger partial charge >= 0.3 is 0 Å². The van der Waals surface area contributed by atoms with Crippen molar-refractivity contribution in [3.8, 4) is 0 Å². The summed E-state index contributed by atoms with van der Waals surface area (Å²) in [6, 6.07) is 0. The van der Waals surface area contributed by atoms with E-state index in [9.17, 15) is 0 Å². The molecule has 0 aliphatic rings. The van der Waals surface area contributed by atoms with E-state index >= 15 is 0 Å². The summed E-state index contributed by atoms with van der Waals surface area (Å²) in [4.78, 5) is 0. The molecule has 0 aromatic heterocycles. The average Bonchev–Trinajstić information content (AvgIpc) is 2.16. The molecule has 0 aliphatic carbocycles. The second-order valence-corrected chi connectivity index (χ2v) is 2.83. The standard InChI is InChI=1S/C8H23N5.Pb/c9-1-3-11-5-7-13-8-6-12-4-2-10;/h11-13H,1-10H2;. The van der Waals surface area contributed by atoms with Gasteiger partial charge in [-0.2, -0.15) is 0 Å². The Balaban J connectivity index is 0. The zero-order valence-corrected chi connectivity index (χ0v) is 12.7. The Bertz CT molecular complexity index is 83.8. The summed E-state index contributed by atoms with van der Waals surface area (Å²) in [5, 5.41) is 9.71. The minimum absolute atomic E-state index is 0. The Morgan fingerprint density at radius 1 is 0.571 bits per heavy atom. The Morgan fingerprint density at radius 3 is 1.14 bits per heavy atom. The van der Waals surface area contributed by atoms with Gasteiger partial charge in [0.05, 0.1) is 0 Å². The van der Waals surface area contributed by atoms with E-state index in [0.29, 0.717) is 13.1 Å². The molecular formula is C8H23N5Pb. The minimum Gasteiger partial charge on any atom is -0.329 e. The first-order valence-corrected chi connectivity index (χ1v) is 4.94. The summed E-state index contributed by atoms with van der Waals surface area (Å²) >= 11 is 0. The Kier molecular flexibility index (Phi) is 19.8. The molecule has 7 N–H and O–H groups in total. The molecule has 0 saturated heterocycles. The van der Waals surface area contributed by atoms with Crippen molar-refractivity contribution >= 4 is 27.3 Å². The van der Waals surface area contributed by atoms with Crippen LogP contribution in [-0.2, 0) is 0 Å². The van der Waals surface area contributed by atoms with Gasteiger partial charge in [-0.05, 0) is 0 Å². The maximum Gasteiger partial charge on any atom is 0.00772 e. The minimum atomic E-state index is 0. The van der Waals surface area contributed by atoms with Gasteiger partial charge in [-0.15, -0.1) is 0 Å². The fourth-order valence-corrected chi connectivity index (χ4v) is 0.933. The van der Waals surface area contributed by atoms with E-state index in [1.807, 2.05) is 0 Å². The predicted octanol–water partition coefficient (Wildman–Crippen LogP) is -2.71. The fourth-order valence-electron chi connectivity index (χ4n) is 0.933. The number of hydrogen-bond donors (Lipinski definition) is 5.